The number of urea groups is 1. The number of halogens is 2. The molecule has 4 aromatic rings. The van der Waals surface area contributed by atoms with Crippen molar-refractivity contribution in [1.82, 2.24) is 0 Å². The molecule has 206 valence electrons. The molecule has 0 saturated carbocycles. The summed E-state index contributed by atoms with van der Waals surface area (Å²) in [7, 11) is 0. The van der Waals surface area contributed by atoms with Crippen molar-refractivity contribution in [2.45, 2.75) is 13.5 Å². The number of anilines is 2. The Morgan fingerprint density at radius 3 is 1.88 bits per heavy atom. The van der Waals surface area contributed by atoms with E-state index in [0.29, 0.717) is 45.1 Å². The van der Waals surface area contributed by atoms with Gasteiger partial charge in [0.25, 0.3) is 11.8 Å². The van der Waals surface area contributed by atoms with Crippen LogP contribution in [-0.2, 0) is 16.2 Å². The zero-order valence-electron chi connectivity index (χ0n) is 21.9. The van der Waals surface area contributed by atoms with Gasteiger partial charge in [0, 0.05) is 15.6 Å². The maximum absolute atomic E-state index is 13.6. The summed E-state index contributed by atoms with van der Waals surface area (Å²) in [5.74, 6) is -0.588. The summed E-state index contributed by atoms with van der Waals surface area (Å²) in [4.78, 5) is 42.7. The highest BCUT2D eigenvalue weighted by Crippen LogP contribution is 2.33. The van der Waals surface area contributed by atoms with Gasteiger partial charge in [-0.15, -0.1) is 0 Å². The molecule has 0 bridgehead atoms. The van der Waals surface area contributed by atoms with Crippen LogP contribution < -0.4 is 19.3 Å². The number of nitrogens with zero attached hydrogens (tertiary/aromatic N) is 2. The van der Waals surface area contributed by atoms with Crippen LogP contribution >= 0.6 is 23.2 Å². The molecule has 0 aliphatic carbocycles. The lowest BCUT2D eigenvalue weighted by Gasteiger charge is -2.33. The first kappa shape index (κ1) is 28.0. The fourth-order valence-electron chi connectivity index (χ4n) is 4.30. The Labute approximate surface area is 247 Å². The number of imide groups is 2. The van der Waals surface area contributed by atoms with Crippen molar-refractivity contribution in [3.63, 3.8) is 0 Å². The van der Waals surface area contributed by atoms with Crippen LogP contribution in [0.15, 0.2) is 103 Å². The van der Waals surface area contributed by atoms with E-state index in [1.807, 2.05) is 6.92 Å². The minimum absolute atomic E-state index is 0.174. The summed E-state index contributed by atoms with van der Waals surface area (Å²) in [6.45, 7) is 2.36. The number of barbiturate groups is 1. The van der Waals surface area contributed by atoms with Gasteiger partial charge in [0.2, 0.25) is 0 Å². The molecule has 5 rings (SSSR count). The SMILES string of the molecule is CCOc1cc(C=C2C(=O)N(c3ccccc3)C(=O)N(c3ccccc3)C2=O)ccc1OCc1ccc(Cl)cc1Cl. The molecule has 1 aliphatic heterocycles. The van der Waals surface area contributed by atoms with Gasteiger partial charge in [0.1, 0.15) is 12.2 Å². The fraction of sp³-hybridized carbons (Fsp3) is 0.0938. The van der Waals surface area contributed by atoms with E-state index in [2.05, 4.69) is 0 Å². The molecule has 9 heteroatoms. The minimum Gasteiger partial charge on any atom is -0.490 e. The van der Waals surface area contributed by atoms with Crippen LogP contribution in [0.5, 0.6) is 11.5 Å². The number of benzene rings is 4. The number of carbonyl (C=O) groups excluding carboxylic acids is 3. The van der Waals surface area contributed by atoms with Crippen molar-refractivity contribution in [2.75, 3.05) is 16.4 Å². The Kier molecular flexibility index (Phi) is 8.38. The molecule has 0 aromatic heterocycles. The lowest BCUT2D eigenvalue weighted by molar-refractivity contribution is -0.121. The van der Waals surface area contributed by atoms with Gasteiger partial charge in [0.15, 0.2) is 11.5 Å². The van der Waals surface area contributed by atoms with Crippen molar-refractivity contribution in [2.24, 2.45) is 0 Å². The van der Waals surface area contributed by atoms with Crippen LogP contribution in [-0.4, -0.2) is 24.5 Å². The maximum atomic E-state index is 13.6. The van der Waals surface area contributed by atoms with Gasteiger partial charge >= 0.3 is 6.03 Å². The number of rotatable bonds is 8. The predicted octanol–water partition coefficient (Wildman–Crippen LogP) is 7.55. The van der Waals surface area contributed by atoms with E-state index in [9.17, 15) is 14.4 Å². The summed E-state index contributed by atoms with van der Waals surface area (Å²) >= 11 is 12.3. The van der Waals surface area contributed by atoms with E-state index in [0.717, 1.165) is 15.4 Å². The zero-order valence-corrected chi connectivity index (χ0v) is 23.4. The van der Waals surface area contributed by atoms with E-state index in [1.54, 1.807) is 97.1 Å². The van der Waals surface area contributed by atoms with Gasteiger partial charge in [-0.3, -0.25) is 9.59 Å². The Bertz CT molecular complexity index is 1580. The zero-order chi connectivity index (χ0) is 28.9. The number of amides is 4. The molecule has 7 nitrogen and oxygen atoms in total. The standard InChI is InChI=1S/C32H24Cl2N2O5/c1-2-40-29-18-21(13-16-28(29)41-20-22-14-15-23(33)19-27(22)34)17-26-30(37)35(24-9-5-3-6-10-24)32(39)36(31(26)38)25-11-7-4-8-12-25/h3-19H,2,20H2,1H3. The van der Waals surface area contributed by atoms with E-state index >= 15 is 0 Å². The lowest BCUT2D eigenvalue weighted by atomic mass is 10.0. The average Bonchev–Trinajstić information content (AvgIpc) is 2.97. The molecule has 0 atom stereocenters. The van der Waals surface area contributed by atoms with Gasteiger partial charge in [-0.1, -0.05) is 71.7 Å². The van der Waals surface area contributed by atoms with Crippen molar-refractivity contribution in [3.8, 4) is 11.5 Å². The van der Waals surface area contributed by atoms with Gasteiger partial charge < -0.3 is 9.47 Å². The predicted molar refractivity (Wildman–Crippen MR) is 160 cm³/mol. The average molecular weight is 587 g/mol. The van der Waals surface area contributed by atoms with Crippen molar-refractivity contribution < 1.29 is 23.9 Å². The second-order valence-corrected chi connectivity index (χ2v) is 9.80. The van der Waals surface area contributed by atoms with Crippen LogP contribution in [0.2, 0.25) is 10.0 Å². The van der Waals surface area contributed by atoms with E-state index in [4.69, 9.17) is 32.7 Å². The Morgan fingerprint density at radius 1 is 0.707 bits per heavy atom. The summed E-state index contributed by atoms with van der Waals surface area (Å²) < 4.78 is 11.8. The van der Waals surface area contributed by atoms with Gasteiger partial charge in [-0.2, -0.15) is 0 Å². The first-order chi connectivity index (χ1) is 19.9. The van der Waals surface area contributed by atoms with Crippen LogP contribution in [0, 0.1) is 0 Å². The van der Waals surface area contributed by atoms with Crippen molar-refractivity contribution >= 4 is 58.5 Å². The lowest BCUT2D eigenvalue weighted by Crippen LogP contribution is -2.57. The number of ether oxygens (including phenoxy) is 2. The normalized spacial score (nSPS) is 13.4. The Morgan fingerprint density at radius 2 is 1.32 bits per heavy atom. The summed E-state index contributed by atoms with van der Waals surface area (Å²) in [5, 5.41) is 1.00. The molecular weight excluding hydrogens is 563 g/mol. The second kappa shape index (κ2) is 12.3. The molecule has 0 N–H and O–H groups in total. The van der Waals surface area contributed by atoms with Crippen LogP contribution in [0.25, 0.3) is 6.08 Å². The van der Waals surface area contributed by atoms with Gasteiger partial charge in [-0.25, -0.2) is 14.6 Å². The monoisotopic (exact) mass is 586 g/mol. The summed E-state index contributed by atoms with van der Waals surface area (Å²) in [6, 6.07) is 26.4. The maximum Gasteiger partial charge on any atom is 0.343 e. The van der Waals surface area contributed by atoms with Crippen molar-refractivity contribution in [3.05, 3.63) is 124 Å². The number of hydrogen-bond donors (Lipinski definition) is 0. The molecule has 4 amide bonds. The number of hydrogen-bond acceptors (Lipinski definition) is 5. The van der Waals surface area contributed by atoms with E-state index < -0.39 is 17.8 Å². The number of carbonyl (C=O) groups is 3. The first-order valence-electron chi connectivity index (χ1n) is 12.8. The molecule has 1 saturated heterocycles. The Hall–Kier alpha value is -4.59. The molecule has 1 aliphatic rings. The molecule has 1 fully saturated rings. The molecular formula is C32H24Cl2N2O5. The smallest absolute Gasteiger partial charge is 0.343 e. The van der Waals surface area contributed by atoms with Crippen LogP contribution in [0.1, 0.15) is 18.1 Å². The highest BCUT2D eigenvalue weighted by Gasteiger charge is 2.43. The second-order valence-electron chi connectivity index (χ2n) is 8.96. The van der Waals surface area contributed by atoms with E-state index in [-0.39, 0.29) is 12.2 Å². The largest absolute Gasteiger partial charge is 0.490 e. The minimum atomic E-state index is -0.755. The van der Waals surface area contributed by atoms with Crippen molar-refractivity contribution in [1.29, 1.82) is 0 Å². The topological polar surface area (TPSA) is 76.2 Å². The third kappa shape index (κ3) is 5.96. The van der Waals surface area contributed by atoms with Crippen LogP contribution in [0.4, 0.5) is 16.2 Å². The Balaban J connectivity index is 1.51. The highest BCUT2D eigenvalue weighted by molar-refractivity contribution is 6.46. The molecule has 4 aromatic carbocycles. The van der Waals surface area contributed by atoms with Gasteiger partial charge in [0.05, 0.1) is 18.0 Å². The van der Waals surface area contributed by atoms with E-state index in [1.165, 1.54) is 6.08 Å². The number of para-hydroxylation sites is 2. The fourth-order valence-corrected chi connectivity index (χ4v) is 4.77. The third-order valence-electron chi connectivity index (χ3n) is 6.26. The molecule has 1 heterocycles. The molecule has 41 heavy (non-hydrogen) atoms. The van der Waals surface area contributed by atoms with Gasteiger partial charge in [-0.05, 0) is 67.1 Å². The quantitative estimate of drug-likeness (QED) is 0.157. The van der Waals surface area contributed by atoms with Crippen LogP contribution in [0.3, 0.4) is 0 Å². The summed E-state index contributed by atoms with van der Waals surface area (Å²) in [5.41, 5.74) is 1.77. The third-order valence-corrected chi connectivity index (χ3v) is 6.84. The summed E-state index contributed by atoms with van der Waals surface area (Å²) in [6.07, 6.45) is 1.45. The molecule has 0 radical (unpaired) electrons. The molecule has 0 spiro atoms. The highest BCUT2D eigenvalue weighted by atomic mass is 35.5. The first-order valence-corrected chi connectivity index (χ1v) is 13.5. The molecule has 0 unspecified atom stereocenters.